The number of ether oxygens (including phenoxy) is 4. The van der Waals surface area contributed by atoms with Gasteiger partial charge in [-0.25, -0.2) is 4.79 Å². The number of carbonyl (C=O) groups excluding carboxylic acids is 1. The lowest BCUT2D eigenvalue weighted by atomic mass is 10.1. The zero-order valence-corrected chi connectivity index (χ0v) is 17.8. The third kappa shape index (κ3) is 4.00. The molecule has 0 fully saturated rings. The van der Waals surface area contributed by atoms with E-state index in [0.717, 1.165) is 0 Å². The molecule has 7 nitrogen and oxygen atoms in total. The van der Waals surface area contributed by atoms with Gasteiger partial charge in [-0.3, -0.25) is 0 Å². The van der Waals surface area contributed by atoms with Gasteiger partial charge in [0.15, 0.2) is 23.0 Å². The molecule has 0 radical (unpaired) electrons. The zero-order valence-electron chi connectivity index (χ0n) is 17.8. The highest BCUT2D eigenvalue weighted by Gasteiger charge is 2.27. The van der Waals surface area contributed by atoms with E-state index in [-0.39, 0.29) is 0 Å². The lowest BCUT2D eigenvalue weighted by Gasteiger charge is -2.14. The van der Waals surface area contributed by atoms with Crippen LogP contribution in [0, 0.1) is 0 Å². The first kappa shape index (κ1) is 21.0. The minimum atomic E-state index is -0.564. The minimum Gasteiger partial charge on any atom is -0.493 e. The Labute approximate surface area is 185 Å². The van der Waals surface area contributed by atoms with E-state index in [0.29, 0.717) is 51.2 Å². The van der Waals surface area contributed by atoms with Gasteiger partial charge in [0, 0.05) is 5.56 Å². The van der Waals surface area contributed by atoms with Crippen LogP contribution in [0.3, 0.4) is 0 Å². The summed E-state index contributed by atoms with van der Waals surface area (Å²) in [7, 11) is 4.63. The molecule has 162 valence electrons. The highest BCUT2D eigenvalue weighted by Crippen LogP contribution is 2.41. The molecule has 0 saturated carbocycles. The van der Waals surface area contributed by atoms with E-state index < -0.39 is 5.97 Å². The van der Waals surface area contributed by atoms with Crippen molar-refractivity contribution in [3.8, 4) is 23.0 Å². The summed E-state index contributed by atoms with van der Waals surface area (Å²) in [6.07, 6.45) is 1.75. The second kappa shape index (κ2) is 9.26. The third-order valence-corrected chi connectivity index (χ3v) is 4.85. The number of fused-ring (bicyclic) bond motifs is 1. The van der Waals surface area contributed by atoms with Crippen molar-refractivity contribution in [1.29, 1.82) is 0 Å². The maximum Gasteiger partial charge on any atom is 0.365 e. The standard InChI is InChI=1S/C25H21NO6/c1-28-20-14-13-17(23(29-2)24(20)30-3)15-21-22(18-11-7-8-12-19(18)31-21)26-32-25(27)16-9-5-4-6-10-16/h4-15H,1-3H3/b21-15+,26-22+. The van der Waals surface area contributed by atoms with Crippen LogP contribution in [0.15, 0.2) is 77.6 Å². The van der Waals surface area contributed by atoms with Gasteiger partial charge in [0.25, 0.3) is 0 Å². The average molecular weight is 431 g/mol. The van der Waals surface area contributed by atoms with Crippen LogP contribution in [0.2, 0.25) is 0 Å². The highest BCUT2D eigenvalue weighted by molar-refractivity contribution is 6.18. The summed E-state index contributed by atoms with van der Waals surface area (Å²) in [6.45, 7) is 0. The van der Waals surface area contributed by atoms with Gasteiger partial charge in [0.1, 0.15) is 5.75 Å². The van der Waals surface area contributed by atoms with Gasteiger partial charge in [-0.2, -0.15) is 0 Å². The highest BCUT2D eigenvalue weighted by atomic mass is 16.7. The Balaban J connectivity index is 1.75. The first-order chi connectivity index (χ1) is 15.7. The number of nitrogens with zero attached hydrogens (tertiary/aromatic N) is 1. The van der Waals surface area contributed by atoms with Gasteiger partial charge in [-0.1, -0.05) is 35.5 Å². The predicted molar refractivity (Wildman–Crippen MR) is 120 cm³/mol. The van der Waals surface area contributed by atoms with Gasteiger partial charge in [0.05, 0.1) is 32.5 Å². The van der Waals surface area contributed by atoms with Gasteiger partial charge in [-0.15, -0.1) is 0 Å². The summed E-state index contributed by atoms with van der Waals surface area (Å²) in [5.74, 6) is 1.90. The van der Waals surface area contributed by atoms with E-state index in [4.69, 9.17) is 23.8 Å². The molecule has 3 aromatic rings. The van der Waals surface area contributed by atoms with E-state index >= 15 is 0 Å². The molecule has 0 aromatic heterocycles. The maximum atomic E-state index is 12.4. The van der Waals surface area contributed by atoms with Gasteiger partial charge in [-0.05, 0) is 42.5 Å². The van der Waals surface area contributed by atoms with Crippen molar-refractivity contribution >= 4 is 17.8 Å². The van der Waals surface area contributed by atoms with Gasteiger partial charge < -0.3 is 23.8 Å². The molecule has 3 aromatic carbocycles. The second-order valence-corrected chi connectivity index (χ2v) is 6.72. The predicted octanol–water partition coefficient (Wildman–Crippen LogP) is 4.71. The van der Waals surface area contributed by atoms with E-state index in [1.807, 2.05) is 36.4 Å². The van der Waals surface area contributed by atoms with Crippen LogP contribution in [-0.4, -0.2) is 33.0 Å². The summed E-state index contributed by atoms with van der Waals surface area (Å²) < 4.78 is 22.4. The van der Waals surface area contributed by atoms with Gasteiger partial charge in [0.2, 0.25) is 5.75 Å². The number of hydrogen-bond acceptors (Lipinski definition) is 7. The van der Waals surface area contributed by atoms with E-state index in [2.05, 4.69) is 5.16 Å². The second-order valence-electron chi connectivity index (χ2n) is 6.72. The third-order valence-electron chi connectivity index (χ3n) is 4.85. The molecule has 0 aliphatic carbocycles. The van der Waals surface area contributed by atoms with Crippen molar-refractivity contribution in [1.82, 2.24) is 0 Å². The van der Waals surface area contributed by atoms with Gasteiger partial charge >= 0.3 is 5.97 Å². The Bertz CT molecular complexity index is 1200. The van der Waals surface area contributed by atoms with E-state index in [9.17, 15) is 4.79 Å². The summed E-state index contributed by atoms with van der Waals surface area (Å²) >= 11 is 0. The Morgan fingerprint density at radius 1 is 0.844 bits per heavy atom. The Kier molecular flexibility index (Phi) is 6.07. The zero-order chi connectivity index (χ0) is 22.5. The van der Waals surface area contributed by atoms with Crippen LogP contribution in [0.1, 0.15) is 21.5 Å². The fourth-order valence-corrected chi connectivity index (χ4v) is 3.34. The first-order valence-electron chi connectivity index (χ1n) is 9.79. The molecular formula is C25H21NO6. The number of rotatable bonds is 6. The van der Waals surface area contributed by atoms with Crippen molar-refractivity contribution in [2.24, 2.45) is 5.16 Å². The van der Waals surface area contributed by atoms with Crippen LogP contribution >= 0.6 is 0 Å². The fraction of sp³-hybridized carbons (Fsp3) is 0.120. The Hall–Kier alpha value is -4.26. The molecule has 4 rings (SSSR count). The van der Waals surface area contributed by atoms with Crippen LogP contribution in [-0.2, 0) is 4.84 Å². The molecule has 0 N–H and O–H groups in total. The van der Waals surface area contributed by atoms with Crippen LogP contribution in [0.25, 0.3) is 6.08 Å². The van der Waals surface area contributed by atoms with Crippen molar-refractivity contribution in [3.63, 3.8) is 0 Å². The SMILES string of the molecule is COc1ccc(/C=C2/Oc3ccccc3/C2=N\OC(=O)c2ccccc2)c(OC)c1OC. The summed E-state index contributed by atoms with van der Waals surface area (Å²) in [6, 6.07) is 19.6. The van der Waals surface area contributed by atoms with Crippen molar-refractivity contribution in [2.45, 2.75) is 0 Å². The number of oxime groups is 1. The molecule has 1 heterocycles. The molecule has 7 heteroatoms. The first-order valence-corrected chi connectivity index (χ1v) is 9.79. The molecule has 1 aliphatic rings. The number of allylic oxidation sites excluding steroid dienone is 1. The number of hydrogen-bond donors (Lipinski definition) is 0. The van der Waals surface area contributed by atoms with Crippen molar-refractivity contribution in [2.75, 3.05) is 21.3 Å². The molecule has 32 heavy (non-hydrogen) atoms. The van der Waals surface area contributed by atoms with Crippen molar-refractivity contribution < 1.29 is 28.6 Å². The summed E-state index contributed by atoms with van der Waals surface area (Å²) in [4.78, 5) is 17.6. The normalized spacial score (nSPS) is 14.6. The lowest BCUT2D eigenvalue weighted by molar-refractivity contribution is 0.0516. The number of para-hydroxylation sites is 1. The molecular weight excluding hydrogens is 410 g/mol. The monoisotopic (exact) mass is 431 g/mol. The maximum absolute atomic E-state index is 12.4. The molecule has 0 bridgehead atoms. The fourth-order valence-electron chi connectivity index (χ4n) is 3.34. The molecule has 0 unspecified atom stereocenters. The molecule has 0 amide bonds. The Morgan fingerprint density at radius 2 is 1.56 bits per heavy atom. The van der Waals surface area contributed by atoms with E-state index in [1.54, 1.807) is 50.6 Å². The lowest BCUT2D eigenvalue weighted by Crippen LogP contribution is -2.06. The molecule has 0 spiro atoms. The largest absolute Gasteiger partial charge is 0.493 e. The number of carbonyl (C=O) groups is 1. The van der Waals surface area contributed by atoms with E-state index in [1.165, 1.54) is 7.11 Å². The minimum absolute atomic E-state index is 0.390. The average Bonchev–Trinajstić information content (AvgIpc) is 3.19. The summed E-state index contributed by atoms with van der Waals surface area (Å²) in [5.41, 5.74) is 2.17. The quantitative estimate of drug-likeness (QED) is 0.416. The van der Waals surface area contributed by atoms with Crippen LogP contribution in [0.5, 0.6) is 23.0 Å². The van der Waals surface area contributed by atoms with Crippen LogP contribution < -0.4 is 18.9 Å². The number of benzene rings is 3. The molecule has 1 aliphatic heterocycles. The van der Waals surface area contributed by atoms with Crippen molar-refractivity contribution in [3.05, 3.63) is 89.2 Å². The smallest absolute Gasteiger partial charge is 0.365 e. The topological polar surface area (TPSA) is 75.6 Å². The molecule has 0 saturated heterocycles. The Morgan fingerprint density at radius 3 is 2.28 bits per heavy atom. The molecule has 0 atom stereocenters. The number of methoxy groups -OCH3 is 3. The van der Waals surface area contributed by atoms with Crippen LogP contribution in [0.4, 0.5) is 0 Å². The summed E-state index contributed by atoms with van der Waals surface area (Å²) in [5, 5.41) is 4.13.